The van der Waals surface area contributed by atoms with Gasteiger partial charge in [-0.25, -0.2) is 8.78 Å². The van der Waals surface area contributed by atoms with E-state index in [4.69, 9.17) is 14.2 Å². The molecule has 1 fully saturated rings. The highest BCUT2D eigenvalue weighted by atomic mass is 19.3. The lowest BCUT2D eigenvalue weighted by atomic mass is 9.73. The summed E-state index contributed by atoms with van der Waals surface area (Å²) in [7, 11) is 1.51. The Labute approximate surface area is 246 Å². The zero-order chi connectivity index (χ0) is 30.8. The lowest BCUT2D eigenvalue weighted by Crippen LogP contribution is -2.51. The fraction of sp³-hybridized carbons (Fsp3) is 0.394. The van der Waals surface area contributed by atoms with Gasteiger partial charge in [-0.05, 0) is 66.8 Å². The second-order valence-corrected chi connectivity index (χ2v) is 10.3. The molecule has 3 rings (SSSR count). The van der Waals surface area contributed by atoms with Gasteiger partial charge in [0.05, 0.1) is 18.7 Å². The molecule has 1 aliphatic rings. The number of aliphatic hydroxyl groups is 1. The number of anilines is 1. The second kappa shape index (κ2) is 14.6. The Morgan fingerprint density at radius 2 is 1.83 bits per heavy atom. The summed E-state index contributed by atoms with van der Waals surface area (Å²) in [5, 5.41) is 23.8. The van der Waals surface area contributed by atoms with Crippen LogP contribution in [0.3, 0.4) is 0 Å². The van der Waals surface area contributed by atoms with Crippen molar-refractivity contribution in [1.82, 2.24) is 0 Å². The molecular weight excluding hydrogens is 542 g/mol. The van der Waals surface area contributed by atoms with E-state index in [0.29, 0.717) is 42.6 Å². The molecule has 2 N–H and O–H groups in total. The lowest BCUT2D eigenvalue weighted by molar-refractivity contribution is -0.141. The number of ether oxygens (including phenoxy) is 3. The molecule has 1 aliphatic carbocycles. The average molecular weight is 581 g/mol. The maximum atomic E-state index is 14.2. The molecule has 1 unspecified atom stereocenters. The number of alkyl halides is 2. The number of allylic oxidation sites excluding steroid dienone is 2. The first kappa shape index (κ1) is 32.4. The van der Waals surface area contributed by atoms with Gasteiger partial charge in [-0.3, -0.25) is 4.79 Å². The Hall–Kier alpha value is -4.16. The minimum Gasteiger partial charge on any atom is -0.493 e. The molecule has 1 atom stereocenters. The van der Waals surface area contributed by atoms with Crippen molar-refractivity contribution in [2.24, 2.45) is 5.92 Å². The summed E-state index contributed by atoms with van der Waals surface area (Å²) in [5.41, 5.74) is -1.70. The van der Waals surface area contributed by atoms with Crippen molar-refractivity contribution in [2.45, 2.75) is 57.0 Å². The Morgan fingerprint density at radius 1 is 1.12 bits per heavy atom. The van der Waals surface area contributed by atoms with Crippen molar-refractivity contribution < 1.29 is 32.9 Å². The number of benzene rings is 2. The van der Waals surface area contributed by atoms with Crippen molar-refractivity contribution in [3.63, 3.8) is 0 Å². The molecule has 0 saturated heterocycles. The number of nitrogens with one attached hydrogen (secondary N) is 1. The quantitative estimate of drug-likeness (QED) is 0.145. The van der Waals surface area contributed by atoms with Gasteiger partial charge in [-0.2, -0.15) is 5.26 Å². The summed E-state index contributed by atoms with van der Waals surface area (Å²) < 4.78 is 45.0. The van der Waals surface area contributed by atoms with Crippen LogP contribution in [0, 0.1) is 17.2 Å². The number of carbonyl (C=O) groups excluding carboxylic acids is 1. The molecule has 0 aromatic heterocycles. The van der Waals surface area contributed by atoms with Crippen LogP contribution in [0.2, 0.25) is 0 Å². The smallest absolute Gasteiger partial charge is 0.271 e. The molecule has 0 radical (unpaired) electrons. The Morgan fingerprint density at radius 3 is 2.45 bits per heavy atom. The number of methoxy groups -OCH3 is 1. The standard InChI is InChI=1S/C33H38F2N2O5/c1-5-29(40-4)30(6-2)42-18-17-41-27-14-10-11-23(19-27)21-33(39,25-12-8-7-9-13-25)31(38)37-26-16-15-24(22-36)28(20-26)32(3,34)35/h5-6,10-11,14-16,19-20,25,39H,1-2,7-9,12-13,17-18,21H2,3-4H3,(H,37,38)/b30-29-. The maximum absolute atomic E-state index is 14.2. The van der Waals surface area contributed by atoms with E-state index in [1.54, 1.807) is 30.3 Å². The SMILES string of the molecule is C=C/C(OC)=C(\C=C)OCCOc1cccc(CC(O)(C(=O)Nc2ccc(C#N)c(C(C)(F)F)c2)C2CCCCC2)c1. The molecule has 42 heavy (non-hydrogen) atoms. The van der Waals surface area contributed by atoms with E-state index in [9.17, 15) is 23.9 Å². The number of halogens is 2. The van der Waals surface area contributed by atoms with Gasteiger partial charge in [0, 0.05) is 24.6 Å². The Bertz CT molecular complexity index is 1340. The molecule has 0 spiro atoms. The first-order valence-electron chi connectivity index (χ1n) is 13.9. The molecule has 0 heterocycles. The molecule has 7 nitrogen and oxygen atoms in total. The van der Waals surface area contributed by atoms with Crippen LogP contribution in [0.15, 0.2) is 79.3 Å². The molecule has 224 valence electrons. The number of amides is 1. The predicted molar refractivity (Wildman–Crippen MR) is 157 cm³/mol. The largest absolute Gasteiger partial charge is 0.493 e. The topological polar surface area (TPSA) is 101 Å². The maximum Gasteiger partial charge on any atom is 0.271 e. The molecule has 1 amide bonds. The Balaban J connectivity index is 1.78. The van der Waals surface area contributed by atoms with Crippen molar-refractivity contribution in [3.05, 3.63) is 96.0 Å². The monoisotopic (exact) mass is 580 g/mol. The van der Waals surface area contributed by atoms with Gasteiger partial charge in [0.2, 0.25) is 0 Å². The van der Waals surface area contributed by atoms with Crippen LogP contribution in [0.4, 0.5) is 14.5 Å². The zero-order valence-electron chi connectivity index (χ0n) is 24.1. The first-order valence-corrected chi connectivity index (χ1v) is 13.9. The van der Waals surface area contributed by atoms with Gasteiger partial charge < -0.3 is 24.6 Å². The highest BCUT2D eigenvalue weighted by Gasteiger charge is 2.44. The third-order valence-corrected chi connectivity index (χ3v) is 7.36. The van der Waals surface area contributed by atoms with E-state index in [1.807, 2.05) is 0 Å². The summed E-state index contributed by atoms with van der Waals surface area (Å²) in [6.07, 6.45) is 7.15. The highest BCUT2D eigenvalue weighted by Crippen LogP contribution is 2.37. The third-order valence-electron chi connectivity index (χ3n) is 7.36. The first-order chi connectivity index (χ1) is 20.0. The lowest BCUT2D eigenvalue weighted by Gasteiger charge is -2.37. The summed E-state index contributed by atoms with van der Waals surface area (Å²) in [6, 6.07) is 12.6. The van der Waals surface area contributed by atoms with Gasteiger partial charge in [0.1, 0.15) is 24.6 Å². The molecule has 0 bridgehead atoms. The number of rotatable bonds is 14. The van der Waals surface area contributed by atoms with Crippen molar-refractivity contribution >= 4 is 11.6 Å². The molecular formula is C33H38F2N2O5. The third kappa shape index (κ3) is 8.20. The van der Waals surface area contributed by atoms with E-state index < -0.39 is 23.0 Å². The van der Waals surface area contributed by atoms with Crippen molar-refractivity contribution in [2.75, 3.05) is 25.6 Å². The van der Waals surface area contributed by atoms with E-state index in [1.165, 1.54) is 31.4 Å². The van der Waals surface area contributed by atoms with Gasteiger partial charge >= 0.3 is 0 Å². The average Bonchev–Trinajstić information content (AvgIpc) is 2.98. The van der Waals surface area contributed by atoms with Crippen LogP contribution < -0.4 is 10.1 Å². The van der Waals surface area contributed by atoms with Gasteiger partial charge in [0.15, 0.2) is 11.5 Å². The van der Waals surface area contributed by atoms with E-state index in [-0.39, 0.29) is 36.8 Å². The van der Waals surface area contributed by atoms with Crippen molar-refractivity contribution in [1.29, 1.82) is 5.26 Å². The summed E-state index contributed by atoms with van der Waals surface area (Å²) in [4.78, 5) is 13.7. The Kier molecular flexibility index (Phi) is 11.3. The van der Waals surface area contributed by atoms with E-state index in [2.05, 4.69) is 18.5 Å². The zero-order valence-corrected chi connectivity index (χ0v) is 24.1. The fourth-order valence-corrected chi connectivity index (χ4v) is 5.19. The van der Waals surface area contributed by atoms with Crippen LogP contribution in [0.25, 0.3) is 0 Å². The number of nitriles is 1. The van der Waals surface area contributed by atoms with Crippen molar-refractivity contribution in [3.8, 4) is 11.8 Å². The number of carbonyl (C=O) groups is 1. The van der Waals surface area contributed by atoms with E-state index in [0.717, 1.165) is 25.3 Å². The highest BCUT2D eigenvalue weighted by molar-refractivity contribution is 5.97. The minimum absolute atomic E-state index is 0.00412. The normalized spacial score (nSPS) is 15.8. The summed E-state index contributed by atoms with van der Waals surface area (Å²) >= 11 is 0. The minimum atomic E-state index is -3.28. The van der Waals surface area contributed by atoms with Crippen LogP contribution in [-0.4, -0.2) is 36.9 Å². The van der Waals surface area contributed by atoms with Crippen LogP contribution >= 0.6 is 0 Å². The molecule has 9 heteroatoms. The van der Waals surface area contributed by atoms with Crippen LogP contribution in [0.5, 0.6) is 5.75 Å². The molecule has 2 aromatic rings. The van der Waals surface area contributed by atoms with E-state index >= 15 is 0 Å². The van der Waals surface area contributed by atoms with Gasteiger partial charge in [-0.15, -0.1) is 0 Å². The van der Waals surface area contributed by atoms with Crippen LogP contribution in [0.1, 0.15) is 55.7 Å². The fourth-order valence-electron chi connectivity index (χ4n) is 5.19. The predicted octanol–water partition coefficient (Wildman–Crippen LogP) is 6.79. The number of nitrogens with zero attached hydrogens (tertiary/aromatic N) is 1. The summed E-state index contributed by atoms with van der Waals surface area (Å²) in [5.74, 6) is -2.86. The molecule has 1 saturated carbocycles. The van der Waals surface area contributed by atoms with Gasteiger partial charge in [0.25, 0.3) is 11.8 Å². The van der Waals surface area contributed by atoms with Crippen LogP contribution in [-0.2, 0) is 26.6 Å². The number of hydrogen-bond acceptors (Lipinski definition) is 6. The molecule has 2 aromatic carbocycles. The van der Waals surface area contributed by atoms with Gasteiger partial charge in [-0.1, -0.05) is 44.6 Å². The summed E-state index contributed by atoms with van der Waals surface area (Å²) in [6.45, 7) is 8.50. The molecule has 0 aliphatic heterocycles. The second-order valence-electron chi connectivity index (χ2n) is 10.3. The number of hydrogen-bond donors (Lipinski definition) is 2.